The highest BCUT2D eigenvalue weighted by Gasteiger charge is 2.43. The summed E-state index contributed by atoms with van der Waals surface area (Å²) in [5.41, 5.74) is 2.45. The largest absolute Gasteiger partial charge is 0.497 e. The molecule has 1 saturated heterocycles. The monoisotopic (exact) mass is 531 g/mol. The predicted octanol–water partition coefficient (Wildman–Crippen LogP) is 5.99. The second-order valence-electron chi connectivity index (χ2n) is 10.9. The van der Waals surface area contributed by atoms with E-state index >= 15 is 0 Å². The normalized spacial score (nSPS) is 23.3. The molecule has 5 rings (SSSR count). The fourth-order valence-electron chi connectivity index (χ4n) is 6.36. The van der Waals surface area contributed by atoms with Crippen molar-refractivity contribution in [3.63, 3.8) is 0 Å². The quantitative estimate of drug-likeness (QED) is 0.460. The fourth-order valence-corrected chi connectivity index (χ4v) is 6.36. The maximum absolute atomic E-state index is 14.9. The molecule has 2 fully saturated rings. The number of anilines is 1. The number of carbonyl (C=O) groups is 2. The number of carbonyl (C=O) groups excluding carboxylic acids is 2. The topological polar surface area (TPSA) is 70.7 Å². The molecule has 39 heavy (non-hydrogen) atoms. The third-order valence-corrected chi connectivity index (χ3v) is 8.35. The first-order valence-electron chi connectivity index (χ1n) is 14.1. The Bertz CT molecular complexity index is 1250. The van der Waals surface area contributed by atoms with Gasteiger partial charge in [-0.3, -0.25) is 9.59 Å². The highest BCUT2D eigenvalue weighted by atomic mass is 19.1. The molecular formula is C32H38FN3O3. The van der Waals surface area contributed by atoms with Gasteiger partial charge in [-0.25, -0.2) is 4.39 Å². The van der Waals surface area contributed by atoms with Gasteiger partial charge in [0.05, 0.1) is 24.6 Å². The molecule has 0 spiro atoms. The van der Waals surface area contributed by atoms with Gasteiger partial charge in [0.15, 0.2) is 0 Å². The molecule has 206 valence electrons. The molecule has 2 aromatic carbocycles. The lowest BCUT2D eigenvalue weighted by Gasteiger charge is -2.44. The standard InChI is InChI=1S/C32H38FN3O3/c1-21-8-5-14-28(33)29(21)32(38)36-19-7-13-27(31(37)35-25-11-6-12-26(20-25)39-2)30(36)22-15-17-24(18-16-22)34-23-9-3-4-10-23/h5-6,8,11-12,14-15,17-18,20,22-23,27,30,34H,3-4,7,9-10,13,16,19H2,1-2H3,(H,35,37)/t22?,27-,30-/m0/s1. The first-order chi connectivity index (χ1) is 18.9. The average Bonchev–Trinajstić information content (AvgIpc) is 3.46. The molecule has 1 heterocycles. The third-order valence-electron chi connectivity index (χ3n) is 8.35. The number of ether oxygens (including phenoxy) is 1. The van der Waals surface area contributed by atoms with Crippen LogP contribution in [0.4, 0.5) is 10.1 Å². The van der Waals surface area contributed by atoms with Crippen LogP contribution in [0.1, 0.15) is 60.9 Å². The number of nitrogens with zero attached hydrogens (tertiary/aromatic N) is 1. The van der Waals surface area contributed by atoms with E-state index in [1.165, 1.54) is 31.7 Å². The molecule has 3 aliphatic rings. The number of piperidine rings is 1. The number of allylic oxidation sites excluding steroid dienone is 2. The number of aryl methyl sites for hydroxylation is 1. The number of likely N-dealkylation sites (tertiary alicyclic amines) is 1. The lowest BCUT2D eigenvalue weighted by molar-refractivity contribution is -0.123. The van der Waals surface area contributed by atoms with Crippen LogP contribution in [0.3, 0.4) is 0 Å². The van der Waals surface area contributed by atoms with E-state index in [1.807, 2.05) is 18.2 Å². The number of benzene rings is 2. The van der Waals surface area contributed by atoms with Crippen molar-refractivity contribution in [1.82, 2.24) is 10.2 Å². The van der Waals surface area contributed by atoms with E-state index in [1.54, 1.807) is 37.1 Å². The molecule has 0 bridgehead atoms. The van der Waals surface area contributed by atoms with Crippen molar-refractivity contribution >= 4 is 17.5 Å². The van der Waals surface area contributed by atoms with Gasteiger partial charge in [0.1, 0.15) is 11.6 Å². The molecule has 0 radical (unpaired) electrons. The van der Waals surface area contributed by atoms with Gasteiger partial charge in [-0.1, -0.05) is 43.2 Å². The third kappa shape index (κ3) is 6.02. The number of hydrogen-bond donors (Lipinski definition) is 2. The maximum atomic E-state index is 14.9. The van der Waals surface area contributed by atoms with Crippen molar-refractivity contribution in [1.29, 1.82) is 0 Å². The van der Waals surface area contributed by atoms with Gasteiger partial charge < -0.3 is 20.3 Å². The molecule has 2 aromatic rings. The van der Waals surface area contributed by atoms with Crippen LogP contribution in [0.2, 0.25) is 0 Å². The average molecular weight is 532 g/mol. The molecule has 2 amide bonds. The summed E-state index contributed by atoms with van der Waals surface area (Å²) >= 11 is 0. The van der Waals surface area contributed by atoms with E-state index < -0.39 is 17.8 Å². The van der Waals surface area contributed by atoms with Crippen molar-refractivity contribution in [2.75, 3.05) is 19.0 Å². The Balaban J connectivity index is 1.42. The Morgan fingerprint density at radius 1 is 1.05 bits per heavy atom. The molecule has 2 N–H and O–H groups in total. The van der Waals surface area contributed by atoms with Gasteiger partial charge in [0.25, 0.3) is 5.91 Å². The van der Waals surface area contributed by atoms with E-state index in [0.29, 0.717) is 48.8 Å². The molecule has 1 aliphatic heterocycles. The van der Waals surface area contributed by atoms with Crippen LogP contribution < -0.4 is 15.4 Å². The minimum absolute atomic E-state index is 0.0588. The van der Waals surface area contributed by atoms with Crippen molar-refractivity contribution in [2.45, 2.75) is 64.0 Å². The minimum Gasteiger partial charge on any atom is -0.497 e. The van der Waals surface area contributed by atoms with E-state index in [4.69, 9.17) is 4.74 Å². The molecule has 3 atom stereocenters. The maximum Gasteiger partial charge on any atom is 0.257 e. The number of halogens is 1. The summed E-state index contributed by atoms with van der Waals surface area (Å²) in [4.78, 5) is 29.4. The molecule has 7 heteroatoms. The van der Waals surface area contributed by atoms with Crippen LogP contribution in [0.25, 0.3) is 0 Å². The van der Waals surface area contributed by atoms with Crippen molar-refractivity contribution in [3.05, 3.63) is 83.3 Å². The highest BCUT2D eigenvalue weighted by molar-refractivity contribution is 5.98. The van der Waals surface area contributed by atoms with Crippen LogP contribution in [-0.4, -0.2) is 42.5 Å². The zero-order valence-corrected chi connectivity index (χ0v) is 22.8. The second-order valence-corrected chi connectivity index (χ2v) is 10.9. The van der Waals surface area contributed by atoms with Crippen LogP contribution in [0.5, 0.6) is 5.75 Å². The Hall–Kier alpha value is -3.61. The smallest absolute Gasteiger partial charge is 0.257 e. The predicted molar refractivity (Wildman–Crippen MR) is 151 cm³/mol. The van der Waals surface area contributed by atoms with Gasteiger partial charge in [-0.15, -0.1) is 0 Å². The number of rotatable bonds is 7. The number of methoxy groups -OCH3 is 1. The van der Waals surface area contributed by atoms with Crippen LogP contribution in [0, 0.1) is 24.6 Å². The molecule has 2 aliphatic carbocycles. The summed E-state index contributed by atoms with van der Waals surface area (Å²) in [5, 5.41) is 6.70. The summed E-state index contributed by atoms with van der Waals surface area (Å²) in [6.07, 6.45) is 13.3. The van der Waals surface area contributed by atoms with Gasteiger partial charge >= 0.3 is 0 Å². The van der Waals surface area contributed by atoms with Crippen LogP contribution in [0.15, 0.2) is 66.4 Å². The molecule has 1 saturated carbocycles. The first kappa shape index (κ1) is 27.0. The second kappa shape index (κ2) is 12.1. The first-order valence-corrected chi connectivity index (χ1v) is 14.1. The van der Waals surface area contributed by atoms with Crippen molar-refractivity contribution in [2.24, 2.45) is 11.8 Å². The van der Waals surface area contributed by atoms with Gasteiger partial charge in [-0.05, 0) is 68.9 Å². The van der Waals surface area contributed by atoms with Crippen LogP contribution in [-0.2, 0) is 4.79 Å². The molecule has 6 nitrogen and oxygen atoms in total. The molecular weight excluding hydrogens is 493 g/mol. The Morgan fingerprint density at radius 2 is 1.85 bits per heavy atom. The summed E-state index contributed by atoms with van der Waals surface area (Å²) in [5.74, 6) is -0.846. The Labute approximate surface area is 230 Å². The summed E-state index contributed by atoms with van der Waals surface area (Å²) in [6.45, 7) is 2.24. The van der Waals surface area contributed by atoms with Gasteiger partial charge in [-0.2, -0.15) is 0 Å². The lowest BCUT2D eigenvalue weighted by atomic mass is 9.77. The van der Waals surface area contributed by atoms with E-state index in [9.17, 15) is 14.0 Å². The SMILES string of the molecule is COc1cccc(NC(=O)[C@H]2CCCN(C(=O)c3c(C)cccc3F)[C@H]2C2C=CC(NC3CCCC3)=CC2)c1. The Kier molecular flexibility index (Phi) is 8.34. The van der Waals surface area contributed by atoms with Crippen molar-refractivity contribution in [3.8, 4) is 5.75 Å². The molecule has 1 unspecified atom stereocenters. The number of hydrogen-bond acceptors (Lipinski definition) is 4. The van der Waals surface area contributed by atoms with Crippen LogP contribution >= 0.6 is 0 Å². The van der Waals surface area contributed by atoms with E-state index in [-0.39, 0.29) is 23.3 Å². The fraction of sp³-hybridized carbons (Fsp3) is 0.438. The minimum atomic E-state index is -0.524. The van der Waals surface area contributed by atoms with E-state index in [0.717, 1.165) is 5.70 Å². The van der Waals surface area contributed by atoms with Gasteiger partial charge in [0, 0.05) is 36.0 Å². The summed E-state index contributed by atoms with van der Waals surface area (Å²) in [6, 6.07) is 12.1. The van der Waals surface area contributed by atoms with Crippen molar-refractivity contribution < 1.29 is 18.7 Å². The molecule has 0 aromatic heterocycles. The Morgan fingerprint density at radius 3 is 2.56 bits per heavy atom. The van der Waals surface area contributed by atoms with Gasteiger partial charge in [0.2, 0.25) is 5.91 Å². The van der Waals surface area contributed by atoms with E-state index in [2.05, 4.69) is 28.9 Å². The number of nitrogens with one attached hydrogen (secondary N) is 2. The number of amides is 2. The lowest BCUT2D eigenvalue weighted by Crippen LogP contribution is -2.55. The zero-order chi connectivity index (χ0) is 27.4. The highest BCUT2D eigenvalue weighted by Crippen LogP contribution is 2.36. The summed E-state index contributed by atoms with van der Waals surface area (Å²) < 4.78 is 20.2. The zero-order valence-electron chi connectivity index (χ0n) is 22.8. The summed E-state index contributed by atoms with van der Waals surface area (Å²) in [7, 11) is 1.59.